The molecular weight excluding hydrogens is 424 g/mol. The van der Waals surface area contributed by atoms with Gasteiger partial charge in [0.05, 0.1) is 12.1 Å². The molecule has 1 saturated heterocycles. The number of hydrogen-bond acceptors (Lipinski definition) is 7. The third kappa shape index (κ3) is 5.10. The Morgan fingerprint density at radius 3 is 2.87 bits per heavy atom. The van der Waals surface area contributed by atoms with E-state index in [1.165, 1.54) is 16.2 Å². The number of halogens is 2. The molecule has 1 fully saturated rings. The molecule has 1 aliphatic rings. The summed E-state index contributed by atoms with van der Waals surface area (Å²) >= 11 is 1.43. The molecule has 0 spiro atoms. The van der Waals surface area contributed by atoms with Gasteiger partial charge in [0.15, 0.2) is 5.01 Å². The van der Waals surface area contributed by atoms with Crippen molar-refractivity contribution in [2.24, 2.45) is 0 Å². The zero-order valence-corrected chi connectivity index (χ0v) is 17.6. The SMILES string of the molecule is [2H]C([2H])([2H])N(CC(F)F)C1CCN(C(=O)Nc2cc3nc(-c4nnc(C)s4)ccc3cn2)CC1. The summed E-state index contributed by atoms with van der Waals surface area (Å²) in [5.74, 6) is 0.319. The fourth-order valence-corrected chi connectivity index (χ4v) is 4.13. The van der Waals surface area contributed by atoms with Crippen molar-refractivity contribution < 1.29 is 17.7 Å². The van der Waals surface area contributed by atoms with E-state index in [2.05, 4.69) is 25.5 Å². The number of amides is 2. The molecule has 0 saturated carbocycles. The molecule has 31 heavy (non-hydrogen) atoms. The smallest absolute Gasteiger partial charge is 0.323 e. The first-order valence-electron chi connectivity index (χ1n) is 11.3. The van der Waals surface area contributed by atoms with Crippen LogP contribution in [0.1, 0.15) is 22.0 Å². The average molecular weight is 451 g/mol. The van der Waals surface area contributed by atoms with Crippen LogP contribution in [0.3, 0.4) is 0 Å². The van der Waals surface area contributed by atoms with Crippen LogP contribution in [0.25, 0.3) is 21.6 Å². The molecule has 3 aromatic rings. The molecule has 0 bridgehead atoms. The number of pyridine rings is 2. The molecule has 0 atom stereocenters. The van der Waals surface area contributed by atoms with E-state index >= 15 is 0 Å². The summed E-state index contributed by atoms with van der Waals surface area (Å²) in [6, 6.07) is 4.43. The quantitative estimate of drug-likeness (QED) is 0.639. The van der Waals surface area contributed by atoms with E-state index in [0.29, 0.717) is 22.0 Å². The standard InChI is InChI=1S/C20H23F2N7OS/c1-12-26-27-19(31-12)15-4-3-13-10-23-18(9-16(13)24-15)25-20(30)29-7-5-14(6-8-29)28(2)11-17(21)22/h3-4,9-10,14,17H,5-8,11H2,1-2H3,(H,23,25,30)/i2D3. The number of alkyl halides is 2. The van der Waals surface area contributed by atoms with Gasteiger partial charge in [0.1, 0.15) is 16.5 Å². The number of piperidine rings is 1. The lowest BCUT2D eigenvalue weighted by Gasteiger charge is -2.36. The molecule has 2 amide bonds. The van der Waals surface area contributed by atoms with Gasteiger partial charge >= 0.3 is 6.03 Å². The van der Waals surface area contributed by atoms with Crippen molar-refractivity contribution in [1.29, 1.82) is 0 Å². The summed E-state index contributed by atoms with van der Waals surface area (Å²) in [4.78, 5) is 24.0. The minimum absolute atomic E-state index is 0.249. The molecule has 4 heterocycles. The van der Waals surface area contributed by atoms with Crippen molar-refractivity contribution in [1.82, 2.24) is 30.0 Å². The van der Waals surface area contributed by atoms with E-state index in [0.717, 1.165) is 15.3 Å². The molecule has 164 valence electrons. The van der Waals surface area contributed by atoms with Crippen LogP contribution in [-0.2, 0) is 0 Å². The first kappa shape index (κ1) is 17.8. The molecular formula is C20H23F2N7OS. The van der Waals surface area contributed by atoms with Crippen LogP contribution in [0.5, 0.6) is 0 Å². The molecule has 11 heteroatoms. The van der Waals surface area contributed by atoms with Gasteiger partial charge in [-0.15, -0.1) is 10.2 Å². The molecule has 8 nitrogen and oxygen atoms in total. The number of nitrogens with zero attached hydrogens (tertiary/aromatic N) is 6. The maximum absolute atomic E-state index is 12.9. The number of fused-ring (bicyclic) bond motifs is 1. The topological polar surface area (TPSA) is 87.1 Å². The minimum Gasteiger partial charge on any atom is -0.324 e. The Balaban J connectivity index is 1.41. The van der Waals surface area contributed by atoms with Crippen molar-refractivity contribution in [3.05, 3.63) is 29.4 Å². The largest absolute Gasteiger partial charge is 0.324 e. The van der Waals surface area contributed by atoms with Crippen LogP contribution in [0, 0.1) is 6.92 Å². The summed E-state index contributed by atoms with van der Waals surface area (Å²) in [5, 5.41) is 13.2. The molecule has 0 unspecified atom stereocenters. The molecule has 4 rings (SSSR count). The van der Waals surface area contributed by atoms with E-state index in [1.807, 2.05) is 19.1 Å². The van der Waals surface area contributed by atoms with Crippen molar-refractivity contribution in [2.75, 3.05) is 31.9 Å². The number of rotatable bonds is 5. The second kappa shape index (κ2) is 9.15. The van der Waals surface area contributed by atoms with E-state index in [9.17, 15) is 13.6 Å². The summed E-state index contributed by atoms with van der Waals surface area (Å²) in [6.45, 7) is -1.07. The molecule has 3 aromatic heterocycles. The highest BCUT2D eigenvalue weighted by atomic mass is 32.1. The molecule has 1 N–H and O–H groups in total. The fourth-order valence-electron chi connectivity index (χ4n) is 3.47. The van der Waals surface area contributed by atoms with Crippen LogP contribution in [0.15, 0.2) is 24.4 Å². The lowest BCUT2D eigenvalue weighted by molar-refractivity contribution is 0.0628. The second-order valence-corrected chi connectivity index (χ2v) is 8.46. The Bertz CT molecular complexity index is 1170. The van der Waals surface area contributed by atoms with Crippen LogP contribution in [0.2, 0.25) is 0 Å². The van der Waals surface area contributed by atoms with Crippen molar-refractivity contribution in [3.63, 3.8) is 0 Å². The number of urea groups is 1. The predicted molar refractivity (Wildman–Crippen MR) is 115 cm³/mol. The maximum atomic E-state index is 12.9. The Morgan fingerprint density at radius 1 is 1.39 bits per heavy atom. The van der Waals surface area contributed by atoms with Gasteiger partial charge in [0, 0.05) is 40.9 Å². The van der Waals surface area contributed by atoms with Gasteiger partial charge in [-0.1, -0.05) is 11.3 Å². The van der Waals surface area contributed by atoms with Gasteiger partial charge in [-0.25, -0.2) is 23.5 Å². The predicted octanol–water partition coefficient (Wildman–Crippen LogP) is 3.65. The molecule has 0 aromatic carbocycles. The van der Waals surface area contributed by atoms with Gasteiger partial charge in [-0.3, -0.25) is 10.2 Å². The fraction of sp³-hybridized carbons (Fsp3) is 0.450. The van der Waals surface area contributed by atoms with E-state index in [-0.39, 0.29) is 25.9 Å². The zero-order valence-electron chi connectivity index (χ0n) is 19.8. The van der Waals surface area contributed by atoms with Gasteiger partial charge in [-0.05, 0) is 38.9 Å². The summed E-state index contributed by atoms with van der Waals surface area (Å²) in [5.41, 5.74) is 1.31. The average Bonchev–Trinajstić information content (AvgIpc) is 3.22. The van der Waals surface area contributed by atoms with Crippen LogP contribution in [0.4, 0.5) is 19.4 Å². The van der Waals surface area contributed by atoms with Crippen LogP contribution >= 0.6 is 11.3 Å². The number of aryl methyl sites for hydroxylation is 1. The summed E-state index contributed by atoms with van der Waals surface area (Å²) in [6.07, 6.45) is -0.561. The van der Waals surface area contributed by atoms with Gasteiger partial charge < -0.3 is 4.90 Å². The number of carbonyl (C=O) groups is 1. The molecule has 0 radical (unpaired) electrons. The summed E-state index contributed by atoms with van der Waals surface area (Å²) < 4.78 is 48.4. The second-order valence-electron chi connectivity index (χ2n) is 7.28. The van der Waals surface area contributed by atoms with Crippen molar-refractivity contribution in [3.8, 4) is 10.7 Å². The van der Waals surface area contributed by atoms with Gasteiger partial charge in [0.2, 0.25) is 0 Å². The number of aromatic nitrogens is 4. The number of likely N-dealkylation sites (tertiary alicyclic amines) is 1. The number of nitrogens with one attached hydrogen (secondary N) is 1. The van der Waals surface area contributed by atoms with E-state index < -0.39 is 32.0 Å². The highest BCUT2D eigenvalue weighted by Gasteiger charge is 2.26. The Labute approximate surface area is 186 Å². The summed E-state index contributed by atoms with van der Waals surface area (Å²) in [7, 11) is 0. The van der Waals surface area contributed by atoms with Crippen LogP contribution in [-0.4, -0.2) is 75.1 Å². The lowest BCUT2D eigenvalue weighted by atomic mass is 10.0. The van der Waals surface area contributed by atoms with Gasteiger partial charge in [-0.2, -0.15) is 0 Å². The van der Waals surface area contributed by atoms with Crippen molar-refractivity contribution in [2.45, 2.75) is 32.2 Å². The zero-order chi connectivity index (χ0) is 24.5. The van der Waals surface area contributed by atoms with E-state index in [4.69, 9.17) is 4.11 Å². The lowest BCUT2D eigenvalue weighted by Crippen LogP contribution is -2.47. The Kier molecular flexibility index (Phi) is 5.26. The monoisotopic (exact) mass is 450 g/mol. The first-order valence-corrected chi connectivity index (χ1v) is 10.6. The maximum Gasteiger partial charge on any atom is 0.323 e. The van der Waals surface area contributed by atoms with Gasteiger partial charge in [0.25, 0.3) is 6.43 Å². The number of anilines is 1. The first-order chi connectivity index (χ1) is 16.1. The van der Waals surface area contributed by atoms with E-state index in [1.54, 1.807) is 12.3 Å². The minimum atomic E-state index is -2.74. The third-order valence-electron chi connectivity index (χ3n) is 5.08. The highest BCUT2D eigenvalue weighted by molar-refractivity contribution is 7.14. The van der Waals surface area contributed by atoms with Crippen LogP contribution < -0.4 is 5.32 Å². The third-order valence-corrected chi connectivity index (χ3v) is 5.94. The number of carbonyl (C=O) groups excluding carboxylic acids is 1. The highest BCUT2D eigenvalue weighted by Crippen LogP contribution is 2.25. The Morgan fingerprint density at radius 2 is 2.19 bits per heavy atom. The number of hydrogen-bond donors (Lipinski definition) is 1. The van der Waals surface area contributed by atoms with Crippen molar-refractivity contribution >= 4 is 34.1 Å². The Hall–Kier alpha value is -2.79. The normalized spacial score (nSPS) is 17.1. The molecule has 0 aliphatic carbocycles. The molecule has 1 aliphatic heterocycles.